The summed E-state index contributed by atoms with van der Waals surface area (Å²) in [6.45, 7) is 0. The Morgan fingerprint density at radius 2 is 1.48 bits per heavy atom. The average molecular weight is 774 g/mol. The predicted octanol–water partition coefficient (Wildman–Crippen LogP) is 9.32. The number of fused-ring (bicyclic) bond motifs is 4. The summed E-state index contributed by atoms with van der Waals surface area (Å²) in [6.07, 6.45) is 3.95. The molecule has 0 amide bonds. The Balaban J connectivity index is 1.03. The second-order valence-corrected chi connectivity index (χ2v) is 15.2. The number of phenols is 1. The number of hydrogen-bond acceptors (Lipinski definition) is 10. The molecule has 272 valence electrons. The maximum absolute atomic E-state index is 11.6. The molecule has 0 bridgehead atoms. The summed E-state index contributed by atoms with van der Waals surface area (Å²) < 4.78 is 13.4. The summed E-state index contributed by atoms with van der Waals surface area (Å²) in [4.78, 5) is 18.3. The molecular formula is C42H29N8O4S2+. The van der Waals surface area contributed by atoms with E-state index in [4.69, 9.17) is 14.9 Å². The minimum Gasteiger partial charge on any atom is -0.504 e. The first-order valence-corrected chi connectivity index (χ1v) is 19.1. The molecule has 0 saturated heterocycles. The zero-order chi connectivity index (χ0) is 37.9. The Morgan fingerprint density at radius 1 is 0.732 bits per heavy atom. The molecule has 0 fully saturated rings. The van der Waals surface area contributed by atoms with Gasteiger partial charge in [0.15, 0.2) is 28.8 Å². The number of nitrogens with one attached hydrogen (secondary N) is 2. The predicted molar refractivity (Wildman–Crippen MR) is 220 cm³/mol. The van der Waals surface area contributed by atoms with Crippen LogP contribution in [0.3, 0.4) is 0 Å². The van der Waals surface area contributed by atoms with Crippen molar-refractivity contribution in [2.75, 3.05) is 17.7 Å². The highest BCUT2D eigenvalue weighted by molar-refractivity contribution is 7.22. The fourth-order valence-corrected chi connectivity index (χ4v) is 8.90. The molecule has 0 aliphatic carbocycles. The number of methoxy groups -OCH3 is 1. The molecule has 14 heteroatoms. The first-order valence-electron chi connectivity index (χ1n) is 17.4. The van der Waals surface area contributed by atoms with Crippen LogP contribution in [0.2, 0.25) is 0 Å². The first kappa shape index (κ1) is 33.3. The normalized spacial score (nSPS) is 11.5. The smallest absolute Gasteiger partial charge is 0.335 e. The topological polar surface area (TPSA) is 142 Å². The number of ether oxygens (including phenoxy) is 1. The number of nitrogens with zero attached hydrogens (tertiary/aromatic N) is 6. The molecule has 12 nitrogen and oxygen atoms in total. The lowest BCUT2D eigenvalue weighted by Crippen LogP contribution is -2.29. The number of carboxylic acids is 1. The van der Waals surface area contributed by atoms with E-state index in [0.717, 1.165) is 53.6 Å². The average Bonchev–Trinajstić information content (AvgIpc) is 4.01. The standard InChI is InChI=1S/C42H28N8O4S2/c1-54-33-20-28(10-12-32(33)51)45-38-13-15-40-43-22-30(49(40)46-38)36-19-25-9-11-29(21-35(25)56-36)48-23-31(37-18-24-5-2-3-8-34(24)55-37)50-41(48)16-14-39(47-50)44-27-7-4-6-26(17-27)42(52)53/h2-23,44,47H,1H3,(H,52,53)/p+1. The molecule has 0 radical (unpaired) electrons. The summed E-state index contributed by atoms with van der Waals surface area (Å²) in [5.74, 6) is 0.625. The van der Waals surface area contributed by atoms with Crippen LogP contribution in [0, 0.1) is 0 Å². The molecule has 10 aromatic rings. The molecule has 6 heterocycles. The number of phenolic OH excluding ortho intramolecular Hbond substituents is 1. The van der Waals surface area contributed by atoms with Gasteiger partial charge in [-0.15, -0.1) is 27.8 Å². The highest BCUT2D eigenvalue weighted by Gasteiger charge is 2.24. The van der Waals surface area contributed by atoms with Gasteiger partial charge in [-0.25, -0.2) is 14.3 Å². The van der Waals surface area contributed by atoms with Gasteiger partial charge in [0.25, 0.3) is 0 Å². The van der Waals surface area contributed by atoms with Crippen LogP contribution in [0.1, 0.15) is 10.4 Å². The Kier molecular flexibility index (Phi) is 7.86. The van der Waals surface area contributed by atoms with E-state index in [1.807, 2.05) is 57.7 Å². The number of carbonyl (C=O) groups is 1. The van der Waals surface area contributed by atoms with Crippen LogP contribution in [0.5, 0.6) is 11.5 Å². The molecule has 56 heavy (non-hydrogen) atoms. The number of hydrogen-bond donors (Lipinski definition) is 4. The SMILES string of the molecule is COc1cc(Nc2ccc3ncc(-c4cc5ccc(-[n+]6cc(-c7cc8ccccc8s7)n7nc(Nc8cccc(C(=O)O)c8)ccc76)cc5s4)n3n2)ccc1O. The lowest BCUT2D eigenvalue weighted by molar-refractivity contribution is -0.566. The third-order valence-corrected chi connectivity index (χ3v) is 11.7. The summed E-state index contributed by atoms with van der Waals surface area (Å²) >= 11 is 3.37. The van der Waals surface area contributed by atoms with E-state index in [9.17, 15) is 15.0 Å². The van der Waals surface area contributed by atoms with Gasteiger partial charge in [0.2, 0.25) is 5.69 Å². The van der Waals surface area contributed by atoms with Crippen LogP contribution in [-0.2, 0) is 0 Å². The van der Waals surface area contributed by atoms with E-state index >= 15 is 0 Å². The number of aromatic carboxylic acids is 1. The van der Waals surface area contributed by atoms with E-state index in [1.54, 1.807) is 59.1 Å². The minimum absolute atomic E-state index is 0.0625. The molecule has 0 unspecified atom stereocenters. The minimum atomic E-state index is -0.990. The molecule has 0 spiro atoms. The number of thiophene rings is 2. The van der Waals surface area contributed by atoms with Gasteiger partial charge in [-0.2, -0.15) is 4.57 Å². The van der Waals surface area contributed by atoms with E-state index in [1.165, 1.54) is 11.8 Å². The van der Waals surface area contributed by atoms with Gasteiger partial charge in [0.1, 0.15) is 17.6 Å². The molecule has 4 N–H and O–H groups in total. The molecule has 0 atom stereocenters. The number of aromatic hydroxyl groups is 1. The zero-order valence-electron chi connectivity index (χ0n) is 29.4. The van der Waals surface area contributed by atoms with Crippen molar-refractivity contribution in [2.45, 2.75) is 0 Å². The molecule has 10 rings (SSSR count). The van der Waals surface area contributed by atoms with Crippen molar-refractivity contribution in [1.29, 1.82) is 0 Å². The number of benzene rings is 4. The molecular weight excluding hydrogens is 745 g/mol. The van der Waals surface area contributed by atoms with Crippen molar-refractivity contribution in [3.8, 4) is 38.3 Å². The van der Waals surface area contributed by atoms with Crippen molar-refractivity contribution in [3.63, 3.8) is 0 Å². The number of aromatic nitrogens is 6. The van der Waals surface area contributed by atoms with Crippen molar-refractivity contribution >= 4 is 83.1 Å². The second kappa shape index (κ2) is 13.2. The van der Waals surface area contributed by atoms with Crippen molar-refractivity contribution < 1.29 is 24.3 Å². The Hall–Kier alpha value is -7.29. The van der Waals surface area contributed by atoms with Crippen LogP contribution in [0.25, 0.3) is 58.3 Å². The summed E-state index contributed by atoms with van der Waals surface area (Å²) in [5, 5.41) is 38.2. The number of imidazole rings is 2. The van der Waals surface area contributed by atoms with Crippen molar-refractivity contribution in [3.05, 3.63) is 139 Å². The lowest BCUT2D eigenvalue weighted by atomic mass is 10.2. The second-order valence-electron chi connectivity index (χ2n) is 13.0. The maximum atomic E-state index is 11.6. The van der Waals surface area contributed by atoms with Gasteiger partial charge >= 0.3 is 11.6 Å². The third-order valence-electron chi connectivity index (χ3n) is 9.45. The van der Waals surface area contributed by atoms with Crippen LogP contribution in [-0.4, -0.2) is 47.5 Å². The highest BCUT2D eigenvalue weighted by Crippen LogP contribution is 2.37. The Bertz CT molecular complexity index is 3130. The van der Waals surface area contributed by atoms with Crippen LogP contribution >= 0.6 is 22.7 Å². The van der Waals surface area contributed by atoms with E-state index in [2.05, 4.69) is 68.8 Å². The summed E-state index contributed by atoms with van der Waals surface area (Å²) in [6, 6.07) is 38.5. The highest BCUT2D eigenvalue weighted by atomic mass is 32.1. The summed E-state index contributed by atoms with van der Waals surface area (Å²) in [7, 11) is 1.51. The molecule has 4 aromatic carbocycles. The van der Waals surface area contributed by atoms with Crippen LogP contribution in [0.4, 0.5) is 23.0 Å². The number of rotatable bonds is 9. The third kappa shape index (κ3) is 5.89. The van der Waals surface area contributed by atoms with Gasteiger partial charge in [-0.1, -0.05) is 33.9 Å². The molecule has 0 aliphatic rings. The van der Waals surface area contributed by atoms with E-state index in [0.29, 0.717) is 28.7 Å². The number of carboxylic acid groups (broad SMARTS) is 1. The Morgan fingerprint density at radius 3 is 2.30 bits per heavy atom. The maximum Gasteiger partial charge on any atom is 0.335 e. The zero-order valence-corrected chi connectivity index (χ0v) is 31.0. The fraction of sp³-hybridized carbons (Fsp3) is 0.0238. The Labute approximate surface area is 325 Å². The van der Waals surface area contributed by atoms with Gasteiger partial charge in [0.05, 0.1) is 28.6 Å². The molecule has 6 aromatic heterocycles. The monoisotopic (exact) mass is 773 g/mol. The van der Waals surface area contributed by atoms with Gasteiger partial charge in [-0.05, 0) is 89.6 Å². The summed E-state index contributed by atoms with van der Waals surface area (Å²) in [5.41, 5.74) is 5.87. The van der Waals surface area contributed by atoms with Gasteiger partial charge < -0.3 is 25.6 Å². The van der Waals surface area contributed by atoms with Crippen LogP contribution < -0.4 is 19.9 Å². The number of anilines is 4. The molecule has 0 saturated carbocycles. The van der Waals surface area contributed by atoms with E-state index < -0.39 is 5.97 Å². The van der Waals surface area contributed by atoms with Gasteiger partial charge in [0, 0.05) is 39.0 Å². The lowest BCUT2D eigenvalue weighted by Gasteiger charge is -2.09. The fourth-order valence-electron chi connectivity index (χ4n) is 6.75. The quantitative estimate of drug-likeness (QED) is 0.0834. The van der Waals surface area contributed by atoms with Crippen molar-refractivity contribution in [2.24, 2.45) is 0 Å². The first-order chi connectivity index (χ1) is 27.4. The van der Waals surface area contributed by atoms with Gasteiger partial charge in [-0.3, -0.25) is 0 Å². The van der Waals surface area contributed by atoms with Crippen molar-refractivity contribution in [1.82, 2.24) is 24.2 Å². The molecule has 0 aliphatic heterocycles. The van der Waals surface area contributed by atoms with Crippen LogP contribution in [0.15, 0.2) is 134 Å². The van der Waals surface area contributed by atoms with E-state index in [-0.39, 0.29) is 11.3 Å². The largest absolute Gasteiger partial charge is 0.504 e.